The first-order valence-corrected chi connectivity index (χ1v) is 5.92. The van der Waals surface area contributed by atoms with Gasteiger partial charge >= 0.3 is 6.18 Å². The van der Waals surface area contributed by atoms with Crippen molar-refractivity contribution in [2.75, 3.05) is 20.3 Å². The van der Waals surface area contributed by atoms with Gasteiger partial charge in [0.05, 0.1) is 18.3 Å². The predicted molar refractivity (Wildman–Crippen MR) is 61.9 cm³/mol. The molecule has 2 rings (SSSR count). The van der Waals surface area contributed by atoms with Gasteiger partial charge in [0.2, 0.25) is 0 Å². The smallest absolute Gasteiger partial charge is 0.416 e. The molecule has 1 aliphatic heterocycles. The van der Waals surface area contributed by atoms with E-state index in [0.29, 0.717) is 13.2 Å². The zero-order valence-electron chi connectivity index (χ0n) is 10.5. The van der Waals surface area contributed by atoms with Gasteiger partial charge in [-0.25, -0.2) is 0 Å². The highest BCUT2D eigenvalue weighted by molar-refractivity contribution is 5.39. The Labute approximate surface area is 108 Å². The van der Waals surface area contributed by atoms with E-state index in [-0.39, 0.29) is 24.2 Å². The predicted octanol–water partition coefficient (Wildman–Crippen LogP) is 2.71. The van der Waals surface area contributed by atoms with E-state index < -0.39 is 17.3 Å². The van der Waals surface area contributed by atoms with E-state index in [1.54, 1.807) is 0 Å². The number of ether oxygens (including phenoxy) is 2. The first-order chi connectivity index (χ1) is 8.85. The molecule has 0 saturated carbocycles. The molecule has 0 spiro atoms. The van der Waals surface area contributed by atoms with E-state index >= 15 is 0 Å². The molecule has 0 aromatic heterocycles. The molecule has 0 radical (unpaired) electrons. The maximum Gasteiger partial charge on any atom is 0.416 e. The molecule has 0 aliphatic carbocycles. The summed E-state index contributed by atoms with van der Waals surface area (Å²) in [4.78, 5) is 0. The van der Waals surface area contributed by atoms with Crippen molar-refractivity contribution in [3.8, 4) is 5.75 Å². The number of alkyl halides is 3. The molecule has 1 aromatic rings. The molecular formula is C13H15F3O3. The Hall–Kier alpha value is -1.27. The van der Waals surface area contributed by atoms with E-state index in [1.807, 2.05) is 0 Å². The summed E-state index contributed by atoms with van der Waals surface area (Å²) >= 11 is 0. The van der Waals surface area contributed by atoms with Crippen molar-refractivity contribution < 1.29 is 27.8 Å². The number of methoxy groups -OCH3 is 1. The van der Waals surface area contributed by atoms with Crippen LogP contribution in [0.1, 0.15) is 24.0 Å². The average molecular weight is 276 g/mol. The quantitative estimate of drug-likeness (QED) is 0.902. The van der Waals surface area contributed by atoms with Crippen LogP contribution < -0.4 is 4.74 Å². The SMILES string of the molecule is COc1cc(C(F)(F)F)cc(C2(O)CCOCC2)c1. The minimum atomic E-state index is -4.47. The normalized spacial score (nSPS) is 19.2. The van der Waals surface area contributed by atoms with Crippen molar-refractivity contribution in [1.82, 2.24) is 0 Å². The van der Waals surface area contributed by atoms with Crippen LogP contribution in [0, 0.1) is 0 Å². The largest absolute Gasteiger partial charge is 0.497 e. The summed E-state index contributed by atoms with van der Waals surface area (Å²) in [6.45, 7) is 0.657. The van der Waals surface area contributed by atoms with Crippen LogP contribution in [-0.4, -0.2) is 25.4 Å². The van der Waals surface area contributed by atoms with Gasteiger partial charge in [-0.15, -0.1) is 0 Å². The molecule has 106 valence electrons. The summed E-state index contributed by atoms with van der Waals surface area (Å²) in [7, 11) is 1.30. The minimum absolute atomic E-state index is 0.0877. The lowest BCUT2D eigenvalue weighted by Crippen LogP contribution is -2.33. The van der Waals surface area contributed by atoms with Crippen molar-refractivity contribution in [3.05, 3.63) is 29.3 Å². The van der Waals surface area contributed by atoms with Gasteiger partial charge < -0.3 is 14.6 Å². The molecule has 1 aromatic carbocycles. The third-order valence-corrected chi connectivity index (χ3v) is 3.33. The van der Waals surface area contributed by atoms with Gasteiger partial charge in [-0.2, -0.15) is 13.2 Å². The first-order valence-electron chi connectivity index (χ1n) is 5.92. The molecular weight excluding hydrogens is 261 g/mol. The van der Waals surface area contributed by atoms with Gasteiger partial charge in [0.15, 0.2) is 0 Å². The molecule has 1 N–H and O–H groups in total. The van der Waals surface area contributed by atoms with Gasteiger partial charge in [-0.3, -0.25) is 0 Å². The van der Waals surface area contributed by atoms with Crippen LogP contribution in [0.5, 0.6) is 5.75 Å². The van der Waals surface area contributed by atoms with E-state index in [9.17, 15) is 18.3 Å². The second-order valence-electron chi connectivity index (χ2n) is 4.59. The standard InChI is InChI=1S/C13H15F3O3/c1-18-11-7-9(6-10(8-11)13(14,15)16)12(17)2-4-19-5-3-12/h6-8,17H,2-5H2,1H3. The molecule has 19 heavy (non-hydrogen) atoms. The lowest BCUT2D eigenvalue weighted by Gasteiger charge is -2.33. The summed E-state index contributed by atoms with van der Waals surface area (Å²) < 4.78 is 48.5. The van der Waals surface area contributed by atoms with E-state index in [0.717, 1.165) is 12.1 Å². The Bertz CT molecular complexity index is 451. The van der Waals surface area contributed by atoms with Gasteiger partial charge in [0, 0.05) is 26.1 Å². The summed E-state index contributed by atoms with van der Waals surface area (Å²) in [5.74, 6) is 0.0877. The third-order valence-electron chi connectivity index (χ3n) is 3.33. The fraction of sp³-hybridized carbons (Fsp3) is 0.538. The molecule has 0 atom stereocenters. The highest BCUT2D eigenvalue weighted by Gasteiger charge is 2.36. The van der Waals surface area contributed by atoms with Crippen molar-refractivity contribution in [3.63, 3.8) is 0 Å². The molecule has 0 unspecified atom stereocenters. The number of hydrogen-bond acceptors (Lipinski definition) is 3. The van der Waals surface area contributed by atoms with E-state index in [1.165, 1.54) is 13.2 Å². The number of aliphatic hydroxyl groups is 1. The topological polar surface area (TPSA) is 38.7 Å². The summed E-state index contributed by atoms with van der Waals surface area (Å²) in [6.07, 6.45) is -3.92. The van der Waals surface area contributed by atoms with Gasteiger partial charge in [-0.05, 0) is 23.8 Å². The fourth-order valence-electron chi connectivity index (χ4n) is 2.15. The van der Waals surface area contributed by atoms with Gasteiger partial charge in [0.1, 0.15) is 5.75 Å². The lowest BCUT2D eigenvalue weighted by atomic mass is 9.85. The van der Waals surface area contributed by atoms with Gasteiger partial charge in [0.25, 0.3) is 0 Å². The molecule has 1 fully saturated rings. The molecule has 3 nitrogen and oxygen atoms in total. The van der Waals surface area contributed by atoms with Crippen LogP contribution in [0.3, 0.4) is 0 Å². The zero-order valence-corrected chi connectivity index (χ0v) is 10.5. The van der Waals surface area contributed by atoms with Crippen molar-refractivity contribution in [2.45, 2.75) is 24.6 Å². The van der Waals surface area contributed by atoms with E-state index in [2.05, 4.69) is 0 Å². The second kappa shape index (κ2) is 5.02. The molecule has 0 amide bonds. The maximum absolute atomic E-state index is 12.8. The van der Waals surface area contributed by atoms with Crippen molar-refractivity contribution in [2.24, 2.45) is 0 Å². The number of hydrogen-bond donors (Lipinski definition) is 1. The van der Waals surface area contributed by atoms with Crippen LogP contribution in [-0.2, 0) is 16.5 Å². The second-order valence-corrected chi connectivity index (χ2v) is 4.59. The molecule has 1 heterocycles. The Morgan fingerprint density at radius 1 is 1.21 bits per heavy atom. The van der Waals surface area contributed by atoms with Crippen LogP contribution in [0.25, 0.3) is 0 Å². The van der Waals surface area contributed by atoms with Crippen LogP contribution in [0.15, 0.2) is 18.2 Å². The zero-order chi connectivity index (χ0) is 14.1. The van der Waals surface area contributed by atoms with Crippen LogP contribution in [0.2, 0.25) is 0 Å². The molecule has 0 bridgehead atoms. The Morgan fingerprint density at radius 2 is 1.84 bits per heavy atom. The van der Waals surface area contributed by atoms with Crippen LogP contribution >= 0.6 is 0 Å². The van der Waals surface area contributed by atoms with Crippen LogP contribution in [0.4, 0.5) is 13.2 Å². The fourth-order valence-corrected chi connectivity index (χ4v) is 2.15. The minimum Gasteiger partial charge on any atom is -0.497 e. The first kappa shape index (κ1) is 14.1. The summed E-state index contributed by atoms with van der Waals surface area (Å²) in [6, 6.07) is 3.35. The number of halogens is 3. The third kappa shape index (κ3) is 3.01. The van der Waals surface area contributed by atoms with Crippen molar-refractivity contribution >= 4 is 0 Å². The highest BCUT2D eigenvalue weighted by atomic mass is 19.4. The van der Waals surface area contributed by atoms with E-state index in [4.69, 9.17) is 9.47 Å². The maximum atomic E-state index is 12.8. The number of benzene rings is 1. The lowest BCUT2D eigenvalue weighted by molar-refractivity contribution is -0.138. The van der Waals surface area contributed by atoms with Gasteiger partial charge in [-0.1, -0.05) is 0 Å². The summed E-state index contributed by atoms with van der Waals surface area (Å²) in [5.41, 5.74) is -1.88. The molecule has 6 heteroatoms. The number of rotatable bonds is 2. The average Bonchev–Trinajstić information content (AvgIpc) is 2.38. The molecule has 1 aliphatic rings. The summed E-state index contributed by atoms with van der Waals surface area (Å²) in [5, 5.41) is 10.4. The Balaban J connectivity index is 2.44. The van der Waals surface area contributed by atoms with Crippen molar-refractivity contribution in [1.29, 1.82) is 0 Å². The molecule has 1 saturated heterocycles. The Kier molecular flexibility index (Phi) is 3.73. The monoisotopic (exact) mass is 276 g/mol. The highest BCUT2D eigenvalue weighted by Crippen LogP contribution is 2.38. The Morgan fingerprint density at radius 3 is 2.37 bits per heavy atom.